The molecule has 1 aliphatic rings. The van der Waals surface area contributed by atoms with Gasteiger partial charge in [0, 0.05) is 25.2 Å². The van der Waals surface area contributed by atoms with E-state index in [2.05, 4.69) is 15.9 Å². The molecule has 116 valence electrons. The molecule has 0 aromatic heterocycles. The molecule has 0 saturated carbocycles. The van der Waals surface area contributed by atoms with Gasteiger partial charge in [-0.2, -0.15) is 0 Å². The molecule has 0 aliphatic carbocycles. The molecule has 6 nitrogen and oxygen atoms in total. The molecule has 1 heterocycles. The minimum Gasteiger partial charge on any atom is -0.496 e. The summed E-state index contributed by atoms with van der Waals surface area (Å²) in [5.41, 5.74) is 0.948. The van der Waals surface area contributed by atoms with Gasteiger partial charge in [0.1, 0.15) is 11.5 Å². The highest BCUT2D eigenvalue weighted by Gasteiger charge is 2.26. The quantitative estimate of drug-likeness (QED) is 0.863. The summed E-state index contributed by atoms with van der Waals surface area (Å²) in [6, 6.07) is 3.75. The first-order valence-electron chi connectivity index (χ1n) is 6.52. The first kappa shape index (κ1) is 16.1. The molecule has 0 spiro atoms. The Bertz CT molecular complexity index is 522. The Morgan fingerprint density at radius 3 is 2.76 bits per heavy atom. The maximum Gasteiger partial charge on any atom is 0.334 e. The third-order valence-corrected chi connectivity index (χ3v) is 3.99. The standard InChI is InChI=1S/C14H18BrNO5/c1-19-11-6-10(15)12(20-2)5-9(11)7-16-3-4-21-13(8-16)14(17)18/h5-6,13H,3-4,7-8H2,1-2H3,(H,17,18). The van der Waals surface area contributed by atoms with Gasteiger partial charge in [0.05, 0.1) is 25.3 Å². The van der Waals surface area contributed by atoms with Crippen molar-refractivity contribution in [2.75, 3.05) is 33.9 Å². The van der Waals surface area contributed by atoms with Crippen LogP contribution in [0.25, 0.3) is 0 Å². The van der Waals surface area contributed by atoms with Gasteiger partial charge in [0.15, 0.2) is 6.10 Å². The third-order valence-electron chi connectivity index (χ3n) is 3.37. The number of carboxylic acid groups (broad SMARTS) is 1. The van der Waals surface area contributed by atoms with Crippen molar-refractivity contribution in [3.05, 3.63) is 22.2 Å². The normalized spacial score (nSPS) is 19.3. The Hall–Kier alpha value is -1.31. The number of morpholine rings is 1. The van der Waals surface area contributed by atoms with Crippen LogP contribution in [0.4, 0.5) is 0 Å². The summed E-state index contributed by atoms with van der Waals surface area (Å²) in [6.07, 6.45) is -0.776. The van der Waals surface area contributed by atoms with Crippen LogP contribution in [0.2, 0.25) is 0 Å². The summed E-state index contributed by atoms with van der Waals surface area (Å²) in [7, 11) is 3.21. The van der Waals surface area contributed by atoms with Gasteiger partial charge in [-0.15, -0.1) is 0 Å². The van der Waals surface area contributed by atoms with Crippen LogP contribution in [0.5, 0.6) is 11.5 Å². The van der Waals surface area contributed by atoms with E-state index in [4.69, 9.17) is 19.3 Å². The summed E-state index contributed by atoms with van der Waals surface area (Å²) in [4.78, 5) is 13.1. The van der Waals surface area contributed by atoms with Crippen molar-refractivity contribution < 1.29 is 24.1 Å². The van der Waals surface area contributed by atoms with Crippen molar-refractivity contribution >= 4 is 21.9 Å². The van der Waals surface area contributed by atoms with Crippen LogP contribution in [0.1, 0.15) is 5.56 Å². The topological polar surface area (TPSA) is 68.2 Å². The molecule has 1 atom stereocenters. The maximum atomic E-state index is 11.0. The predicted octanol–water partition coefficient (Wildman–Crippen LogP) is 1.75. The van der Waals surface area contributed by atoms with Crippen molar-refractivity contribution in [2.24, 2.45) is 0 Å². The number of ether oxygens (including phenoxy) is 3. The molecule has 1 unspecified atom stereocenters. The lowest BCUT2D eigenvalue weighted by atomic mass is 10.1. The van der Waals surface area contributed by atoms with Crippen LogP contribution in [0.15, 0.2) is 16.6 Å². The lowest BCUT2D eigenvalue weighted by Crippen LogP contribution is -2.45. The van der Waals surface area contributed by atoms with E-state index in [9.17, 15) is 4.79 Å². The lowest BCUT2D eigenvalue weighted by molar-refractivity contribution is -0.156. The van der Waals surface area contributed by atoms with Crippen LogP contribution in [0.3, 0.4) is 0 Å². The molecule has 0 radical (unpaired) electrons. The summed E-state index contributed by atoms with van der Waals surface area (Å²) < 4.78 is 16.7. The van der Waals surface area contributed by atoms with Crippen molar-refractivity contribution in [1.82, 2.24) is 4.90 Å². The van der Waals surface area contributed by atoms with E-state index in [1.54, 1.807) is 14.2 Å². The van der Waals surface area contributed by atoms with Crippen LogP contribution >= 0.6 is 15.9 Å². The van der Waals surface area contributed by atoms with Crippen LogP contribution in [0, 0.1) is 0 Å². The molecule has 7 heteroatoms. The lowest BCUT2D eigenvalue weighted by Gasteiger charge is -2.31. The van der Waals surface area contributed by atoms with Crippen molar-refractivity contribution in [1.29, 1.82) is 0 Å². The monoisotopic (exact) mass is 359 g/mol. The number of methoxy groups -OCH3 is 2. The fraction of sp³-hybridized carbons (Fsp3) is 0.500. The van der Waals surface area contributed by atoms with Crippen molar-refractivity contribution in [2.45, 2.75) is 12.6 Å². The fourth-order valence-corrected chi connectivity index (χ4v) is 2.77. The third kappa shape index (κ3) is 3.87. The van der Waals surface area contributed by atoms with Crippen LogP contribution < -0.4 is 9.47 Å². The zero-order chi connectivity index (χ0) is 15.4. The van der Waals surface area contributed by atoms with E-state index in [0.29, 0.717) is 32.0 Å². The fourth-order valence-electron chi connectivity index (χ4n) is 2.28. The maximum absolute atomic E-state index is 11.0. The van der Waals surface area contributed by atoms with Gasteiger partial charge >= 0.3 is 5.97 Å². The predicted molar refractivity (Wildman–Crippen MR) is 79.9 cm³/mol. The highest BCUT2D eigenvalue weighted by molar-refractivity contribution is 9.10. The largest absolute Gasteiger partial charge is 0.496 e. The minimum absolute atomic E-state index is 0.358. The van der Waals surface area contributed by atoms with Gasteiger partial charge in [-0.3, -0.25) is 4.90 Å². The molecule has 1 aliphatic heterocycles. The SMILES string of the molecule is COc1cc(CN2CCOC(C(=O)O)C2)c(OC)cc1Br. The highest BCUT2D eigenvalue weighted by atomic mass is 79.9. The van der Waals surface area contributed by atoms with Crippen molar-refractivity contribution in [3.63, 3.8) is 0 Å². The zero-order valence-electron chi connectivity index (χ0n) is 12.0. The molecule has 1 fully saturated rings. The Morgan fingerprint density at radius 1 is 1.43 bits per heavy atom. The molecule has 1 aromatic carbocycles. The summed E-state index contributed by atoms with van der Waals surface area (Å²) in [6.45, 7) is 2.04. The minimum atomic E-state index is -0.931. The van der Waals surface area contributed by atoms with E-state index in [0.717, 1.165) is 15.8 Å². The van der Waals surface area contributed by atoms with Crippen LogP contribution in [-0.2, 0) is 16.1 Å². The van der Waals surface area contributed by atoms with Gasteiger partial charge in [-0.25, -0.2) is 4.79 Å². The number of aliphatic carboxylic acids is 1. The number of nitrogens with zero attached hydrogens (tertiary/aromatic N) is 1. The molecule has 2 rings (SSSR count). The summed E-state index contributed by atoms with van der Waals surface area (Å²) in [5, 5.41) is 9.04. The number of hydrogen-bond donors (Lipinski definition) is 1. The molecular weight excluding hydrogens is 342 g/mol. The second-order valence-corrected chi connectivity index (χ2v) is 5.59. The van der Waals surface area contributed by atoms with Crippen molar-refractivity contribution in [3.8, 4) is 11.5 Å². The first-order chi connectivity index (χ1) is 10.0. The van der Waals surface area contributed by atoms with E-state index in [1.807, 2.05) is 17.0 Å². The zero-order valence-corrected chi connectivity index (χ0v) is 13.6. The summed E-state index contributed by atoms with van der Waals surface area (Å²) in [5.74, 6) is 0.523. The first-order valence-corrected chi connectivity index (χ1v) is 7.31. The average molecular weight is 360 g/mol. The van der Waals surface area contributed by atoms with E-state index < -0.39 is 12.1 Å². The molecule has 0 bridgehead atoms. The number of benzene rings is 1. The van der Waals surface area contributed by atoms with Gasteiger partial charge in [0.2, 0.25) is 0 Å². The second kappa shape index (κ2) is 7.11. The Labute approximate surface area is 131 Å². The average Bonchev–Trinajstić information content (AvgIpc) is 2.48. The van der Waals surface area contributed by atoms with Crippen LogP contribution in [-0.4, -0.2) is 56.0 Å². The Morgan fingerprint density at radius 2 is 2.14 bits per heavy atom. The van der Waals surface area contributed by atoms with E-state index >= 15 is 0 Å². The molecular formula is C14H18BrNO5. The molecule has 1 N–H and O–H groups in total. The van der Waals surface area contributed by atoms with E-state index in [1.165, 1.54) is 0 Å². The molecule has 1 saturated heterocycles. The number of hydrogen-bond acceptors (Lipinski definition) is 5. The number of carbonyl (C=O) groups is 1. The van der Waals surface area contributed by atoms with E-state index in [-0.39, 0.29) is 0 Å². The smallest absolute Gasteiger partial charge is 0.334 e. The number of halogens is 1. The number of carboxylic acids is 1. The van der Waals surface area contributed by atoms with Gasteiger partial charge in [-0.05, 0) is 28.1 Å². The van der Waals surface area contributed by atoms with Gasteiger partial charge in [0.25, 0.3) is 0 Å². The Kier molecular flexibility index (Phi) is 5.44. The summed E-state index contributed by atoms with van der Waals surface area (Å²) >= 11 is 3.42. The van der Waals surface area contributed by atoms with Gasteiger partial charge < -0.3 is 19.3 Å². The Balaban J connectivity index is 2.16. The van der Waals surface area contributed by atoms with Gasteiger partial charge in [-0.1, -0.05) is 0 Å². The second-order valence-electron chi connectivity index (χ2n) is 4.73. The highest BCUT2D eigenvalue weighted by Crippen LogP contribution is 2.33. The molecule has 0 amide bonds. The number of rotatable bonds is 5. The molecule has 1 aromatic rings. The molecule has 21 heavy (non-hydrogen) atoms.